The SMILES string of the molecule is O=c1occcc1CS(=O)(=O)c1ccccc1. The summed E-state index contributed by atoms with van der Waals surface area (Å²) in [6, 6.07) is 11.0. The van der Waals surface area contributed by atoms with Gasteiger partial charge in [0.05, 0.1) is 22.5 Å². The molecule has 0 aliphatic carbocycles. The molecule has 0 atom stereocenters. The van der Waals surface area contributed by atoms with Crippen molar-refractivity contribution in [1.29, 1.82) is 0 Å². The van der Waals surface area contributed by atoms with Crippen LogP contribution in [0.15, 0.2) is 62.8 Å². The van der Waals surface area contributed by atoms with Crippen LogP contribution in [0.5, 0.6) is 0 Å². The van der Waals surface area contributed by atoms with Gasteiger partial charge in [0.15, 0.2) is 9.84 Å². The van der Waals surface area contributed by atoms with Gasteiger partial charge in [-0.25, -0.2) is 13.2 Å². The van der Waals surface area contributed by atoms with Gasteiger partial charge >= 0.3 is 5.63 Å². The van der Waals surface area contributed by atoms with Crippen molar-refractivity contribution in [3.8, 4) is 0 Å². The highest BCUT2D eigenvalue weighted by atomic mass is 32.2. The molecule has 4 nitrogen and oxygen atoms in total. The van der Waals surface area contributed by atoms with Gasteiger partial charge in [-0.2, -0.15) is 0 Å². The highest BCUT2D eigenvalue weighted by molar-refractivity contribution is 7.90. The minimum absolute atomic E-state index is 0.136. The molecule has 1 heterocycles. The first-order chi connectivity index (χ1) is 8.09. The fourth-order valence-corrected chi connectivity index (χ4v) is 2.79. The topological polar surface area (TPSA) is 64.3 Å². The molecule has 5 heteroatoms. The average molecular weight is 250 g/mol. The molecule has 0 saturated carbocycles. The molecule has 0 unspecified atom stereocenters. The molecule has 2 rings (SSSR count). The highest BCUT2D eigenvalue weighted by Crippen LogP contribution is 2.13. The molecule has 0 fully saturated rings. The van der Waals surface area contributed by atoms with E-state index in [2.05, 4.69) is 4.42 Å². The van der Waals surface area contributed by atoms with E-state index in [1.165, 1.54) is 30.5 Å². The second kappa shape index (κ2) is 4.55. The Labute approximate surface area is 98.4 Å². The average Bonchev–Trinajstić information content (AvgIpc) is 2.33. The third kappa shape index (κ3) is 2.62. The summed E-state index contributed by atoms with van der Waals surface area (Å²) in [6.07, 6.45) is 1.22. The fourth-order valence-electron chi connectivity index (χ4n) is 1.42. The summed E-state index contributed by atoms with van der Waals surface area (Å²) in [4.78, 5) is 11.5. The predicted molar refractivity (Wildman–Crippen MR) is 62.3 cm³/mol. The van der Waals surface area contributed by atoms with Crippen LogP contribution in [0.4, 0.5) is 0 Å². The molecule has 0 amide bonds. The first-order valence-electron chi connectivity index (χ1n) is 4.94. The van der Waals surface area contributed by atoms with Gasteiger partial charge in [-0.1, -0.05) is 18.2 Å². The Balaban J connectivity index is 2.37. The van der Waals surface area contributed by atoms with E-state index >= 15 is 0 Å². The molecule has 0 N–H and O–H groups in total. The molecular formula is C12H10O4S. The predicted octanol–water partition coefficient (Wildman–Crippen LogP) is 1.61. The smallest absolute Gasteiger partial charge is 0.339 e. The molecule has 1 aromatic heterocycles. The Kier molecular flexibility index (Phi) is 3.10. The van der Waals surface area contributed by atoms with Crippen molar-refractivity contribution in [3.05, 3.63) is 64.7 Å². The standard InChI is InChI=1S/C12H10O4S/c13-12-10(5-4-8-16-12)9-17(14,15)11-6-2-1-3-7-11/h1-8H,9H2. The van der Waals surface area contributed by atoms with E-state index in [1.807, 2.05) is 0 Å². The molecule has 17 heavy (non-hydrogen) atoms. The second-order valence-electron chi connectivity index (χ2n) is 3.50. The first-order valence-corrected chi connectivity index (χ1v) is 6.59. The summed E-state index contributed by atoms with van der Waals surface area (Å²) < 4.78 is 28.6. The molecule has 0 saturated heterocycles. The number of sulfone groups is 1. The summed E-state index contributed by atoms with van der Waals surface area (Å²) in [5.74, 6) is -0.347. The van der Waals surface area contributed by atoms with Crippen LogP contribution < -0.4 is 5.63 Å². The molecule has 88 valence electrons. The lowest BCUT2D eigenvalue weighted by Crippen LogP contribution is -2.13. The molecule has 0 spiro atoms. The van der Waals surface area contributed by atoms with Gasteiger partial charge in [0, 0.05) is 0 Å². The molecular weight excluding hydrogens is 240 g/mol. The summed E-state index contributed by atoms with van der Waals surface area (Å²) >= 11 is 0. The zero-order valence-corrected chi connectivity index (χ0v) is 9.68. The Morgan fingerprint density at radius 1 is 1.00 bits per heavy atom. The Morgan fingerprint density at radius 2 is 1.71 bits per heavy atom. The normalized spacial score (nSPS) is 11.3. The van der Waals surface area contributed by atoms with Crippen LogP contribution in [0.3, 0.4) is 0 Å². The quantitative estimate of drug-likeness (QED) is 0.830. The summed E-state index contributed by atoms with van der Waals surface area (Å²) in [6.45, 7) is 0. The maximum Gasteiger partial charge on any atom is 0.339 e. The van der Waals surface area contributed by atoms with Gasteiger partial charge in [0.25, 0.3) is 0 Å². The third-order valence-electron chi connectivity index (χ3n) is 2.26. The minimum Gasteiger partial charge on any atom is -0.431 e. The van der Waals surface area contributed by atoms with Gasteiger partial charge in [0.2, 0.25) is 0 Å². The van der Waals surface area contributed by atoms with Crippen molar-refractivity contribution in [2.45, 2.75) is 10.6 Å². The van der Waals surface area contributed by atoms with Crippen LogP contribution >= 0.6 is 0 Å². The van der Waals surface area contributed by atoms with Gasteiger partial charge in [0.1, 0.15) is 0 Å². The lowest BCUT2D eigenvalue weighted by Gasteiger charge is -2.02. The van der Waals surface area contributed by atoms with Crippen molar-refractivity contribution < 1.29 is 12.8 Å². The number of benzene rings is 1. The van der Waals surface area contributed by atoms with E-state index < -0.39 is 15.5 Å². The summed E-state index contributed by atoms with van der Waals surface area (Å²) in [5.41, 5.74) is -0.483. The fraction of sp³-hybridized carbons (Fsp3) is 0.0833. The van der Waals surface area contributed by atoms with E-state index in [0.29, 0.717) is 0 Å². The number of hydrogen-bond donors (Lipinski definition) is 0. The van der Waals surface area contributed by atoms with Crippen molar-refractivity contribution in [1.82, 2.24) is 0 Å². The van der Waals surface area contributed by atoms with Crippen LogP contribution in [0.1, 0.15) is 5.56 Å². The van der Waals surface area contributed by atoms with Crippen LogP contribution in [-0.2, 0) is 15.6 Å². The van der Waals surface area contributed by atoms with E-state index in [4.69, 9.17) is 0 Å². The largest absolute Gasteiger partial charge is 0.431 e. The second-order valence-corrected chi connectivity index (χ2v) is 5.49. The Hall–Kier alpha value is -1.88. The Morgan fingerprint density at radius 3 is 2.35 bits per heavy atom. The monoisotopic (exact) mass is 250 g/mol. The van der Waals surface area contributed by atoms with E-state index in [0.717, 1.165) is 0 Å². The third-order valence-corrected chi connectivity index (χ3v) is 3.94. The molecule has 1 aromatic carbocycles. The highest BCUT2D eigenvalue weighted by Gasteiger charge is 2.16. The van der Waals surface area contributed by atoms with Crippen molar-refractivity contribution >= 4 is 9.84 Å². The van der Waals surface area contributed by atoms with Crippen molar-refractivity contribution in [2.75, 3.05) is 0 Å². The number of rotatable bonds is 3. The summed E-state index contributed by atoms with van der Waals surface area (Å²) in [7, 11) is -3.50. The first kappa shape index (κ1) is 11.6. The number of hydrogen-bond acceptors (Lipinski definition) is 4. The molecule has 0 radical (unpaired) electrons. The van der Waals surface area contributed by atoms with Crippen molar-refractivity contribution in [2.24, 2.45) is 0 Å². The van der Waals surface area contributed by atoms with Gasteiger partial charge < -0.3 is 4.42 Å². The molecule has 0 bridgehead atoms. The molecule has 0 aliphatic heterocycles. The minimum atomic E-state index is -3.50. The van der Waals surface area contributed by atoms with Crippen molar-refractivity contribution in [3.63, 3.8) is 0 Å². The van der Waals surface area contributed by atoms with Crippen LogP contribution in [0.2, 0.25) is 0 Å². The summed E-state index contributed by atoms with van der Waals surface area (Å²) in [5, 5.41) is 0. The van der Waals surface area contributed by atoms with E-state index in [1.54, 1.807) is 18.2 Å². The van der Waals surface area contributed by atoms with Crippen LogP contribution in [-0.4, -0.2) is 8.42 Å². The zero-order valence-electron chi connectivity index (χ0n) is 8.87. The zero-order chi connectivity index (χ0) is 12.3. The lowest BCUT2D eigenvalue weighted by atomic mass is 10.3. The maximum atomic E-state index is 12.0. The van der Waals surface area contributed by atoms with Crippen LogP contribution in [0, 0.1) is 0 Å². The van der Waals surface area contributed by atoms with E-state index in [-0.39, 0.29) is 16.2 Å². The van der Waals surface area contributed by atoms with Gasteiger partial charge in [-0.05, 0) is 24.3 Å². The van der Waals surface area contributed by atoms with Gasteiger partial charge in [-0.15, -0.1) is 0 Å². The van der Waals surface area contributed by atoms with Crippen LogP contribution in [0.25, 0.3) is 0 Å². The maximum absolute atomic E-state index is 12.0. The molecule has 0 aliphatic rings. The lowest BCUT2D eigenvalue weighted by molar-refractivity contribution is 0.503. The van der Waals surface area contributed by atoms with Gasteiger partial charge in [-0.3, -0.25) is 0 Å². The molecule has 2 aromatic rings. The Bertz CT molecular complexity index is 656. The van der Waals surface area contributed by atoms with E-state index in [9.17, 15) is 13.2 Å².